The molecule has 0 spiro atoms. The van der Waals surface area contributed by atoms with Crippen molar-refractivity contribution in [3.05, 3.63) is 51.5 Å². The first-order valence-electron chi connectivity index (χ1n) is 7.48. The summed E-state index contributed by atoms with van der Waals surface area (Å²) in [7, 11) is 0. The van der Waals surface area contributed by atoms with E-state index in [-0.39, 0.29) is 17.6 Å². The van der Waals surface area contributed by atoms with E-state index in [1.807, 2.05) is 0 Å². The van der Waals surface area contributed by atoms with Crippen molar-refractivity contribution in [2.45, 2.75) is 25.4 Å². The highest BCUT2D eigenvalue weighted by Crippen LogP contribution is 2.37. The number of pyridine rings is 1. The van der Waals surface area contributed by atoms with Crippen LogP contribution in [-0.4, -0.2) is 39.1 Å². The Bertz CT molecular complexity index is 788. The van der Waals surface area contributed by atoms with Gasteiger partial charge in [-0.25, -0.2) is 4.39 Å². The second-order valence-electron chi connectivity index (χ2n) is 5.88. The van der Waals surface area contributed by atoms with Gasteiger partial charge in [0.1, 0.15) is 0 Å². The zero-order chi connectivity index (χ0) is 17.3. The highest BCUT2D eigenvalue weighted by Gasteiger charge is 2.41. The van der Waals surface area contributed by atoms with Gasteiger partial charge in [0.05, 0.1) is 29.0 Å². The van der Waals surface area contributed by atoms with Gasteiger partial charge in [-0.1, -0.05) is 23.2 Å². The number of carbonyl (C=O) groups excluding carboxylic acids is 1. The first-order valence-corrected chi connectivity index (χ1v) is 8.24. The Labute approximate surface area is 148 Å². The maximum Gasteiger partial charge on any atom is 0.255 e. The van der Waals surface area contributed by atoms with Crippen LogP contribution in [0.5, 0.6) is 0 Å². The van der Waals surface area contributed by atoms with Crippen LogP contribution in [0.1, 0.15) is 34.5 Å². The average molecular weight is 369 g/mol. The molecule has 0 bridgehead atoms. The number of nitrogens with zero attached hydrogens (tertiary/aromatic N) is 4. The lowest BCUT2D eigenvalue weighted by atomic mass is 9.88. The number of rotatable bonds is 2. The smallest absolute Gasteiger partial charge is 0.255 e. The predicted octanol–water partition coefficient (Wildman–Crippen LogP) is 3.59. The molecule has 0 aromatic carbocycles. The Kier molecular flexibility index (Phi) is 4.69. The molecule has 0 saturated carbocycles. The lowest BCUT2D eigenvalue weighted by Crippen LogP contribution is -2.47. The summed E-state index contributed by atoms with van der Waals surface area (Å²) in [5, 5.41) is 7.86. The molecule has 1 aliphatic rings. The van der Waals surface area contributed by atoms with Crippen molar-refractivity contribution >= 4 is 29.1 Å². The van der Waals surface area contributed by atoms with Crippen molar-refractivity contribution in [3.8, 4) is 0 Å². The minimum absolute atomic E-state index is 0.0682. The highest BCUT2D eigenvalue weighted by molar-refractivity contribution is 6.30. The fourth-order valence-electron chi connectivity index (χ4n) is 3.03. The summed E-state index contributed by atoms with van der Waals surface area (Å²) in [6, 6.07) is 3.11. The maximum atomic E-state index is 15.5. The van der Waals surface area contributed by atoms with Crippen LogP contribution in [0.2, 0.25) is 10.2 Å². The highest BCUT2D eigenvalue weighted by atomic mass is 35.5. The molecule has 1 unspecified atom stereocenters. The number of aromatic nitrogens is 3. The summed E-state index contributed by atoms with van der Waals surface area (Å²) in [6.45, 7) is 2.17. The van der Waals surface area contributed by atoms with Crippen LogP contribution in [0.25, 0.3) is 0 Å². The van der Waals surface area contributed by atoms with Crippen molar-refractivity contribution in [3.63, 3.8) is 0 Å². The number of carbonyl (C=O) groups is 1. The topological polar surface area (TPSA) is 59.0 Å². The first-order chi connectivity index (χ1) is 11.4. The molecule has 2 aromatic heterocycles. The van der Waals surface area contributed by atoms with E-state index in [1.165, 1.54) is 23.4 Å². The van der Waals surface area contributed by atoms with Crippen molar-refractivity contribution in [1.29, 1.82) is 0 Å². The lowest BCUT2D eigenvalue weighted by molar-refractivity contribution is 0.0301. The maximum absolute atomic E-state index is 15.5. The first kappa shape index (κ1) is 17.0. The van der Waals surface area contributed by atoms with Gasteiger partial charge < -0.3 is 4.90 Å². The fraction of sp³-hybridized carbons (Fsp3) is 0.375. The molecule has 3 heterocycles. The molecule has 24 heavy (non-hydrogen) atoms. The molecule has 0 N–H and O–H groups in total. The van der Waals surface area contributed by atoms with Gasteiger partial charge in [0, 0.05) is 12.7 Å². The van der Waals surface area contributed by atoms with E-state index in [0.717, 1.165) is 0 Å². The van der Waals surface area contributed by atoms with Crippen molar-refractivity contribution in [2.24, 2.45) is 0 Å². The van der Waals surface area contributed by atoms with Crippen molar-refractivity contribution < 1.29 is 9.18 Å². The largest absolute Gasteiger partial charge is 0.335 e. The predicted molar refractivity (Wildman–Crippen MR) is 88.9 cm³/mol. The third kappa shape index (κ3) is 3.35. The third-order valence-corrected chi connectivity index (χ3v) is 4.46. The molecule has 0 aliphatic carbocycles. The van der Waals surface area contributed by atoms with E-state index < -0.39 is 5.67 Å². The number of hydrogen-bond acceptors (Lipinski definition) is 4. The minimum Gasteiger partial charge on any atom is -0.335 e. The Morgan fingerprint density at radius 1 is 1.33 bits per heavy atom. The molecule has 3 rings (SSSR count). The number of halogens is 3. The number of aryl methyl sites for hydroxylation is 1. The lowest BCUT2D eigenvalue weighted by Gasteiger charge is -2.37. The monoisotopic (exact) mass is 368 g/mol. The third-order valence-electron chi connectivity index (χ3n) is 4.07. The number of likely N-dealkylation sites (tertiary alicyclic amines) is 1. The van der Waals surface area contributed by atoms with Crippen LogP contribution in [0.4, 0.5) is 4.39 Å². The van der Waals surface area contributed by atoms with Crippen molar-refractivity contribution in [1.82, 2.24) is 20.1 Å². The van der Waals surface area contributed by atoms with Gasteiger partial charge in [0.15, 0.2) is 10.8 Å². The van der Waals surface area contributed by atoms with Crippen molar-refractivity contribution in [2.75, 3.05) is 13.1 Å². The SMILES string of the molecule is Cc1cc(Cl)cnc1C1(F)CCCN(C(=O)c2cnnc(Cl)c2)C1. The van der Waals surface area contributed by atoms with Gasteiger partial charge in [0.25, 0.3) is 5.91 Å². The molecule has 1 fully saturated rings. The zero-order valence-corrected chi connectivity index (χ0v) is 14.5. The normalized spacial score (nSPS) is 20.9. The van der Waals surface area contributed by atoms with Gasteiger partial charge in [-0.2, -0.15) is 5.10 Å². The summed E-state index contributed by atoms with van der Waals surface area (Å²) in [4.78, 5) is 18.2. The molecule has 5 nitrogen and oxygen atoms in total. The summed E-state index contributed by atoms with van der Waals surface area (Å²) in [5.74, 6) is -0.319. The molecule has 0 radical (unpaired) electrons. The Hall–Kier alpha value is -1.79. The quantitative estimate of drug-likeness (QED) is 0.812. The van der Waals surface area contributed by atoms with E-state index in [9.17, 15) is 4.79 Å². The Morgan fingerprint density at radius 2 is 2.12 bits per heavy atom. The summed E-state index contributed by atoms with van der Waals surface area (Å²) in [5.41, 5.74) is -0.407. The van der Waals surface area contributed by atoms with Gasteiger partial charge >= 0.3 is 0 Å². The fourth-order valence-corrected chi connectivity index (χ4v) is 3.40. The van der Waals surface area contributed by atoms with Gasteiger partial charge in [-0.15, -0.1) is 5.10 Å². The molecule has 1 amide bonds. The van der Waals surface area contributed by atoms with Crippen LogP contribution in [0.3, 0.4) is 0 Å². The summed E-state index contributed by atoms with van der Waals surface area (Å²) < 4.78 is 15.5. The average Bonchev–Trinajstić information content (AvgIpc) is 2.54. The number of piperidine rings is 1. The Morgan fingerprint density at radius 3 is 2.83 bits per heavy atom. The molecule has 1 saturated heterocycles. The van der Waals surface area contributed by atoms with Crippen LogP contribution < -0.4 is 0 Å². The standard InChI is InChI=1S/C16H15Cl2FN4O/c1-10-5-12(17)8-20-14(10)16(19)3-2-4-23(9-16)15(24)11-6-13(18)22-21-7-11/h5-8H,2-4,9H2,1H3. The van der Waals surface area contributed by atoms with Crippen LogP contribution in [0, 0.1) is 6.92 Å². The summed E-state index contributed by atoms with van der Waals surface area (Å²) in [6.07, 6.45) is 3.60. The number of alkyl halides is 1. The molecule has 126 valence electrons. The zero-order valence-electron chi connectivity index (χ0n) is 13.0. The van der Waals surface area contributed by atoms with Crippen LogP contribution >= 0.6 is 23.2 Å². The molecule has 2 aromatic rings. The molecule has 1 atom stereocenters. The van der Waals surface area contributed by atoms with E-state index in [4.69, 9.17) is 23.2 Å². The summed E-state index contributed by atoms with van der Waals surface area (Å²) >= 11 is 11.7. The van der Waals surface area contributed by atoms with Crippen LogP contribution in [0.15, 0.2) is 24.5 Å². The molecule has 8 heteroatoms. The van der Waals surface area contributed by atoms with E-state index in [1.54, 1.807) is 13.0 Å². The van der Waals surface area contributed by atoms with Crippen LogP contribution in [-0.2, 0) is 5.67 Å². The number of hydrogen-bond donors (Lipinski definition) is 0. The minimum atomic E-state index is -1.70. The molecular formula is C16H15Cl2FN4O. The van der Waals surface area contributed by atoms with Gasteiger partial charge in [-0.05, 0) is 37.5 Å². The second-order valence-corrected chi connectivity index (χ2v) is 6.71. The molecule has 1 aliphatic heterocycles. The second kappa shape index (κ2) is 6.61. The molecular weight excluding hydrogens is 354 g/mol. The van der Waals surface area contributed by atoms with E-state index >= 15 is 4.39 Å². The van der Waals surface area contributed by atoms with Gasteiger partial charge in [0.2, 0.25) is 0 Å². The number of amides is 1. The van der Waals surface area contributed by atoms with E-state index in [0.29, 0.717) is 41.2 Å². The Balaban J connectivity index is 1.87. The van der Waals surface area contributed by atoms with E-state index in [2.05, 4.69) is 15.2 Å². The van der Waals surface area contributed by atoms with Gasteiger partial charge in [-0.3, -0.25) is 9.78 Å².